The fraction of sp³-hybridized carbons (Fsp3) is 0.357. The molecular weight excluding hydrogens is 297 g/mol. The van der Waals surface area contributed by atoms with Crippen LogP contribution in [0.2, 0.25) is 5.02 Å². The van der Waals surface area contributed by atoms with E-state index in [1.165, 1.54) is 11.8 Å². The molecule has 0 spiro atoms. The third kappa shape index (κ3) is 2.51. The summed E-state index contributed by atoms with van der Waals surface area (Å²) in [6.07, 6.45) is 2.03. The van der Waals surface area contributed by atoms with Crippen molar-refractivity contribution in [1.82, 2.24) is 15.0 Å². The number of alkyl halides is 1. The molecule has 7 heteroatoms. The van der Waals surface area contributed by atoms with Crippen molar-refractivity contribution in [2.75, 3.05) is 7.11 Å². The largest absolute Gasteiger partial charge is 0.465 e. The van der Waals surface area contributed by atoms with Crippen molar-refractivity contribution >= 4 is 17.6 Å². The van der Waals surface area contributed by atoms with Crippen LogP contribution >= 0.6 is 11.6 Å². The Labute approximate surface area is 125 Å². The Balaban J connectivity index is 2.00. The van der Waals surface area contributed by atoms with Gasteiger partial charge in [0.15, 0.2) is 0 Å². The normalized spacial score (nSPS) is 20.9. The van der Waals surface area contributed by atoms with Crippen molar-refractivity contribution < 1.29 is 13.9 Å². The van der Waals surface area contributed by atoms with E-state index in [1.54, 1.807) is 24.4 Å². The molecule has 0 N–H and O–H groups in total. The van der Waals surface area contributed by atoms with Gasteiger partial charge in [-0.05, 0) is 31.0 Å². The van der Waals surface area contributed by atoms with Crippen LogP contribution in [0.15, 0.2) is 24.4 Å². The number of carbonyl (C=O) groups excluding carboxylic acids is 1. The van der Waals surface area contributed by atoms with Gasteiger partial charge in [-0.1, -0.05) is 16.8 Å². The van der Waals surface area contributed by atoms with Gasteiger partial charge in [-0.2, -0.15) is 0 Å². The molecule has 21 heavy (non-hydrogen) atoms. The van der Waals surface area contributed by atoms with E-state index in [1.807, 2.05) is 0 Å². The molecule has 1 aromatic carbocycles. The summed E-state index contributed by atoms with van der Waals surface area (Å²) in [7, 11) is 1.31. The highest BCUT2D eigenvalue weighted by molar-refractivity contribution is 6.31. The summed E-state index contributed by atoms with van der Waals surface area (Å²) in [5.74, 6) is -0.483. The number of hydrogen-bond donors (Lipinski definition) is 0. The highest BCUT2D eigenvalue weighted by Crippen LogP contribution is 2.35. The number of nitrogens with zero attached hydrogens (tertiary/aromatic N) is 3. The zero-order chi connectivity index (χ0) is 15.0. The van der Waals surface area contributed by atoms with Crippen molar-refractivity contribution in [1.29, 1.82) is 0 Å². The second kappa shape index (κ2) is 5.44. The maximum Gasteiger partial charge on any atom is 0.338 e. The number of aromatic nitrogens is 3. The summed E-state index contributed by atoms with van der Waals surface area (Å²) in [6.45, 7) is 0. The zero-order valence-corrected chi connectivity index (χ0v) is 12.0. The fourth-order valence-electron chi connectivity index (χ4n) is 2.32. The van der Waals surface area contributed by atoms with Gasteiger partial charge in [-0.15, -0.1) is 5.10 Å². The minimum absolute atomic E-state index is 0.271. The average Bonchev–Trinajstić information content (AvgIpc) is 2.93. The first-order chi connectivity index (χ1) is 10.1. The van der Waals surface area contributed by atoms with E-state index in [0.717, 1.165) is 6.42 Å². The molecule has 1 aliphatic carbocycles. The highest BCUT2D eigenvalue weighted by atomic mass is 35.5. The number of halogens is 2. The lowest BCUT2D eigenvalue weighted by molar-refractivity contribution is 0.0601. The van der Waals surface area contributed by atoms with E-state index < -0.39 is 12.1 Å². The van der Waals surface area contributed by atoms with Gasteiger partial charge < -0.3 is 4.74 Å². The average molecular weight is 310 g/mol. The van der Waals surface area contributed by atoms with Gasteiger partial charge in [0.25, 0.3) is 0 Å². The van der Waals surface area contributed by atoms with Crippen LogP contribution in [0.5, 0.6) is 0 Å². The van der Waals surface area contributed by atoms with Gasteiger partial charge in [0.2, 0.25) is 0 Å². The first-order valence-corrected chi connectivity index (χ1v) is 6.92. The Morgan fingerprint density at radius 2 is 2.29 bits per heavy atom. The van der Waals surface area contributed by atoms with Crippen LogP contribution in [0.1, 0.15) is 29.2 Å². The maximum atomic E-state index is 13.4. The quantitative estimate of drug-likeness (QED) is 0.818. The van der Waals surface area contributed by atoms with E-state index in [9.17, 15) is 9.18 Å². The first-order valence-electron chi connectivity index (χ1n) is 6.54. The molecule has 0 unspecified atom stereocenters. The molecule has 0 bridgehead atoms. The molecule has 0 radical (unpaired) electrons. The fourth-order valence-corrected chi connectivity index (χ4v) is 2.49. The lowest BCUT2D eigenvalue weighted by Gasteiger charge is -2.29. The predicted molar refractivity (Wildman–Crippen MR) is 75.0 cm³/mol. The van der Waals surface area contributed by atoms with Crippen LogP contribution in [0.25, 0.3) is 11.3 Å². The smallest absolute Gasteiger partial charge is 0.338 e. The number of benzene rings is 1. The van der Waals surface area contributed by atoms with Crippen molar-refractivity contribution in [3.05, 3.63) is 35.0 Å². The summed E-state index contributed by atoms with van der Waals surface area (Å²) in [5.41, 5.74) is 1.34. The molecule has 2 atom stereocenters. The molecule has 1 aromatic heterocycles. The summed E-state index contributed by atoms with van der Waals surface area (Å²) in [5, 5.41) is 8.45. The molecule has 0 aliphatic heterocycles. The maximum absolute atomic E-state index is 13.4. The number of carbonyl (C=O) groups is 1. The van der Waals surface area contributed by atoms with Crippen LogP contribution in [0, 0.1) is 0 Å². The molecule has 1 aliphatic rings. The Hall–Kier alpha value is -1.95. The van der Waals surface area contributed by atoms with Crippen LogP contribution in [-0.2, 0) is 4.74 Å². The van der Waals surface area contributed by atoms with Crippen LogP contribution in [0.4, 0.5) is 4.39 Å². The van der Waals surface area contributed by atoms with E-state index in [4.69, 9.17) is 16.3 Å². The molecule has 0 saturated heterocycles. The molecule has 110 valence electrons. The van der Waals surface area contributed by atoms with Crippen molar-refractivity contribution in [3.63, 3.8) is 0 Å². The SMILES string of the molecule is COC(=O)c1ccc(Cl)cc1-c1cn([C@@H]2CC[C@@H]2F)nn1. The van der Waals surface area contributed by atoms with Crippen molar-refractivity contribution in [3.8, 4) is 11.3 Å². The highest BCUT2D eigenvalue weighted by Gasteiger charge is 2.33. The summed E-state index contributed by atoms with van der Waals surface area (Å²) in [4.78, 5) is 11.8. The van der Waals surface area contributed by atoms with Gasteiger partial charge in [0.05, 0.1) is 24.9 Å². The molecule has 0 amide bonds. The topological polar surface area (TPSA) is 57.0 Å². The molecule has 1 fully saturated rings. The van der Waals surface area contributed by atoms with E-state index >= 15 is 0 Å². The molecule has 1 saturated carbocycles. The minimum atomic E-state index is -0.890. The molecule has 5 nitrogen and oxygen atoms in total. The lowest BCUT2D eigenvalue weighted by atomic mass is 9.91. The van der Waals surface area contributed by atoms with Crippen LogP contribution in [0.3, 0.4) is 0 Å². The third-order valence-corrected chi connectivity index (χ3v) is 3.90. The van der Waals surface area contributed by atoms with Gasteiger partial charge >= 0.3 is 5.97 Å². The number of esters is 1. The predicted octanol–water partition coefficient (Wildman–Crippen LogP) is 3.06. The second-order valence-electron chi connectivity index (χ2n) is 4.93. The second-order valence-corrected chi connectivity index (χ2v) is 5.36. The standard InChI is InChI=1S/C14H13ClFN3O2/c1-21-14(20)9-3-2-8(15)6-10(9)12-7-19(18-17-12)13-5-4-11(13)16/h2-3,6-7,11,13H,4-5H2,1H3/t11-,13+/m0/s1. The molecule has 1 heterocycles. The van der Waals surface area contributed by atoms with E-state index in [0.29, 0.717) is 28.3 Å². The molecular formula is C14H13ClFN3O2. The number of methoxy groups -OCH3 is 1. The van der Waals surface area contributed by atoms with Crippen molar-refractivity contribution in [2.45, 2.75) is 25.1 Å². The van der Waals surface area contributed by atoms with Crippen LogP contribution in [-0.4, -0.2) is 34.2 Å². The van der Waals surface area contributed by atoms with Crippen molar-refractivity contribution in [2.24, 2.45) is 0 Å². The zero-order valence-electron chi connectivity index (χ0n) is 11.3. The van der Waals surface area contributed by atoms with E-state index in [-0.39, 0.29) is 6.04 Å². The molecule has 2 aromatic rings. The lowest BCUT2D eigenvalue weighted by Crippen LogP contribution is -2.30. The Kier molecular flexibility index (Phi) is 3.63. The minimum Gasteiger partial charge on any atom is -0.465 e. The molecule has 3 rings (SSSR count). The van der Waals surface area contributed by atoms with Gasteiger partial charge in [-0.3, -0.25) is 0 Å². The van der Waals surface area contributed by atoms with Gasteiger partial charge in [0, 0.05) is 10.6 Å². The third-order valence-electron chi connectivity index (χ3n) is 3.67. The monoisotopic (exact) mass is 309 g/mol. The Morgan fingerprint density at radius 1 is 1.48 bits per heavy atom. The first kappa shape index (κ1) is 14.0. The number of ether oxygens (including phenoxy) is 1. The Morgan fingerprint density at radius 3 is 2.90 bits per heavy atom. The number of rotatable bonds is 3. The summed E-state index contributed by atoms with van der Waals surface area (Å²) >= 11 is 5.98. The van der Waals surface area contributed by atoms with Gasteiger partial charge in [-0.25, -0.2) is 13.9 Å². The van der Waals surface area contributed by atoms with E-state index in [2.05, 4.69) is 10.3 Å². The summed E-state index contributed by atoms with van der Waals surface area (Å²) in [6, 6.07) is 4.53. The number of hydrogen-bond acceptors (Lipinski definition) is 4. The summed E-state index contributed by atoms with van der Waals surface area (Å²) < 4.78 is 19.7. The van der Waals surface area contributed by atoms with Gasteiger partial charge in [0.1, 0.15) is 11.9 Å². The van der Waals surface area contributed by atoms with Crippen LogP contribution < -0.4 is 0 Å². The Bertz CT molecular complexity index is 689.